The van der Waals surface area contributed by atoms with E-state index in [-0.39, 0.29) is 28.8 Å². The van der Waals surface area contributed by atoms with Crippen molar-refractivity contribution in [3.05, 3.63) is 0 Å². The van der Waals surface area contributed by atoms with E-state index in [4.69, 9.17) is 4.74 Å². The van der Waals surface area contributed by atoms with Gasteiger partial charge in [0.15, 0.2) is 0 Å². The predicted octanol–water partition coefficient (Wildman–Crippen LogP) is 0.176. The number of rotatable bonds is 0. The highest BCUT2D eigenvalue weighted by Crippen LogP contribution is 2.37. The molecule has 3 aliphatic rings. The Hall–Kier alpha value is -1.14. The number of piperazine rings is 1. The molecule has 22 heavy (non-hydrogen) atoms. The maximum atomic E-state index is 12.5. The van der Waals surface area contributed by atoms with Crippen molar-refractivity contribution in [1.29, 1.82) is 0 Å². The molecule has 0 bridgehead atoms. The number of likely N-dealkylation sites (tertiary alicyclic amines) is 1. The van der Waals surface area contributed by atoms with E-state index < -0.39 is 0 Å². The first-order chi connectivity index (χ1) is 10.2. The van der Waals surface area contributed by atoms with E-state index in [0.29, 0.717) is 6.61 Å². The largest absolute Gasteiger partial charge is 0.378 e. The standard InChI is InChI=1S/C16H27N3O3/c1-12(20)17-7-13-8-22-6-5-19(13)16(9-17)10-18(11-16)14(21)15(2,3)4/h13H,5-11H2,1-4H3/t13-/m1/s1. The summed E-state index contributed by atoms with van der Waals surface area (Å²) in [5.74, 6) is 0.313. The molecule has 0 aliphatic carbocycles. The van der Waals surface area contributed by atoms with Crippen LogP contribution in [0.1, 0.15) is 27.7 Å². The van der Waals surface area contributed by atoms with Gasteiger partial charge >= 0.3 is 0 Å². The van der Waals surface area contributed by atoms with Crippen molar-refractivity contribution in [3.63, 3.8) is 0 Å². The fourth-order valence-electron chi connectivity index (χ4n) is 4.00. The van der Waals surface area contributed by atoms with Crippen LogP contribution >= 0.6 is 0 Å². The first-order valence-electron chi connectivity index (χ1n) is 8.12. The Kier molecular flexibility index (Phi) is 3.72. The van der Waals surface area contributed by atoms with Gasteiger partial charge in [0.2, 0.25) is 11.8 Å². The van der Waals surface area contributed by atoms with E-state index in [1.807, 2.05) is 30.6 Å². The Morgan fingerprint density at radius 1 is 1.14 bits per heavy atom. The van der Waals surface area contributed by atoms with Crippen molar-refractivity contribution in [3.8, 4) is 0 Å². The lowest BCUT2D eigenvalue weighted by Crippen LogP contribution is -2.81. The Balaban J connectivity index is 1.76. The third-order valence-corrected chi connectivity index (χ3v) is 5.10. The molecule has 0 unspecified atom stereocenters. The number of ether oxygens (including phenoxy) is 1. The number of morpholine rings is 1. The SMILES string of the molecule is CC(=O)N1C[C@@H]2COCCN2C2(C1)CN(C(=O)C(C)(C)C)C2. The van der Waals surface area contributed by atoms with Gasteiger partial charge in [-0.15, -0.1) is 0 Å². The molecular formula is C16H27N3O3. The number of hydrogen-bond donors (Lipinski definition) is 0. The summed E-state index contributed by atoms with van der Waals surface area (Å²) in [5, 5.41) is 0. The Morgan fingerprint density at radius 2 is 1.77 bits per heavy atom. The van der Waals surface area contributed by atoms with Crippen molar-refractivity contribution in [1.82, 2.24) is 14.7 Å². The van der Waals surface area contributed by atoms with Crippen LogP contribution in [-0.4, -0.2) is 84.0 Å². The number of carbonyl (C=O) groups excluding carboxylic acids is 2. The second-order valence-corrected chi connectivity index (χ2v) is 7.96. The van der Waals surface area contributed by atoms with Gasteiger partial charge < -0.3 is 14.5 Å². The average Bonchev–Trinajstić information content (AvgIpc) is 2.41. The van der Waals surface area contributed by atoms with Gasteiger partial charge in [-0.25, -0.2) is 0 Å². The molecular weight excluding hydrogens is 282 g/mol. The monoisotopic (exact) mass is 309 g/mol. The molecule has 0 saturated carbocycles. The maximum absolute atomic E-state index is 12.5. The molecule has 6 heteroatoms. The van der Waals surface area contributed by atoms with Crippen LogP contribution in [0.3, 0.4) is 0 Å². The third kappa shape index (κ3) is 2.52. The van der Waals surface area contributed by atoms with E-state index in [0.717, 1.165) is 39.3 Å². The van der Waals surface area contributed by atoms with Crippen LogP contribution in [0.2, 0.25) is 0 Å². The number of fused-ring (bicyclic) bond motifs is 2. The van der Waals surface area contributed by atoms with Crippen LogP contribution in [-0.2, 0) is 14.3 Å². The molecule has 0 radical (unpaired) electrons. The van der Waals surface area contributed by atoms with Crippen molar-refractivity contribution in [2.75, 3.05) is 45.9 Å². The Labute approximate surface area is 132 Å². The fourth-order valence-corrected chi connectivity index (χ4v) is 4.00. The van der Waals surface area contributed by atoms with Crippen LogP contribution in [0, 0.1) is 5.41 Å². The minimum Gasteiger partial charge on any atom is -0.378 e. The minimum absolute atomic E-state index is 0.0702. The van der Waals surface area contributed by atoms with Crippen molar-refractivity contribution >= 4 is 11.8 Å². The first kappa shape index (κ1) is 15.7. The van der Waals surface area contributed by atoms with Gasteiger partial charge in [0, 0.05) is 45.1 Å². The second kappa shape index (κ2) is 5.20. The second-order valence-electron chi connectivity index (χ2n) is 7.96. The van der Waals surface area contributed by atoms with Gasteiger partial charge in [-0.05, 0) is 0 Å². The van der Waals surface area contributed by atoms with Crippen LogP contribution < -0.4 is 0 Å². The van der Waals surface area contributed by atoms with Crippen LogP contribution in [0.25, 0.3) is 0 Å². The lowest BCUT2D eigenvalue weighted by molar-refractivity contribution is -0.184. The van der Waals surface area contributed by atoms with Crippen molar-refractivity contribution in [2.24, 2.45) is 5.41 Å². The summed E-state index contributed by atoms with van der Waals surface area (Å²) in [6.07, 6.45) is 0. The zero-order chi connectivity index (χ0) is 16.1. The smallest absolute Gasteiger partial charge is 0.228 e. The normalized spacial score (nSPS) is 28.3. The summed E-state index contributed by atoms with van der Waals surface area (Å²) in [6, 6.07) is 0.262. The molecule has 3 heterocycles. The molecule has 0 N–H and O–H groups in total. The maximum Gasteiger partial charge on any atom is 0.228 e. The van der Waals surface area contributed by atoms with E-state index in [9.17, 15) is 9.59 Å². The minimum atomic E-state index is -0.346. The molecule has 124 valence electrons. The zero-order valence-electron chi connectivity index (χ0n) is 14.1. The van der Waals surface area contributed by atoms with E-state index >= 15 is 0 Å². The van der Waals surface area contributed by atoms with Gasteiger partial charge in [0.1, 0.15) is 0 Å². The number of hydrogen-bond acceptors (Lipinski definition) is 4. The quantitative estimate of drug-likeness (QED) is 0.640. The highest BCUT2D eigenvalue weighted by molar-refractivity contribution is 5.83. The Bertz CT molecular complexity index is 480. The number of nitrogens with zero attached hydrogens (tertiary/aromatic N) is 3. The summed E-state index contributed by atoms with van der Waals surface area (Å²) in [6.45, 7) is 12.7. The van der Waals surface area contributed by atoms with Crippen LogP contribution in [0.5, 0.6) is 0 Å². The molecule has 2 amide bonds. The molecule has 0 aromatic carbocycles. The number of amides is 2. The molecule has 1 atom stereocenters. The molecule has 3 fully saturated rings. The first-order valence-corrected chi connectivity index (χ1v) is 8.12. The summed E-state index contributed by atoms with van der Waals surface area (Å²) in [5.41, 5.74) is -0.416. The van der Waals surface area contributed by atoms with Crippen LogP contribution in [0.4, 0.5) is 0 Å². The van der Waals surface area contributed by atoms with Gasteiger partial charge in [-0.1, -0.05) is 20.8 Å². The van der Waals surface area contributed by atoms with E-state index in [1.54, 1.807) is 6.92 Å². The summed E-state index contributed by atoms with van der Waals surface area (Å²) < 4.78 is 5.60. The van der Waals surface area contributed by atoms with Gasteiger partial charge in [-0.3, -0.25) is 14.5 Å². The molecule has 3 saturated heterocycles. The average molecular weight is 309 g/mol. The Morgan fingerprint density at radius 3 is 2.36 bits per heavy atom. The zero-order valence-corrected chi connectivity index (χ0v) is 14.1. The number of carbonyl (C=O) groups is 2. The summed E-state index contributed by atoms with van der Waals surface area (Å²) >= 11 is 0. The summed E-state index contributed by atoms with van der Waals surface area (Å²) in [4.78, 5) is 30.7. The molecule has 0 aromatic rings. The van der Waals surface area contributed by atoms with Gasteiger partial charge in [0.25, 0.3) is 0 Å². The fraction of sp³-hybridized carbons (Fsp3) is 0.875. The third-order valence-electron chi connectivity index (χ3n) is 5.10. The summed E-state index contributed by atoms with van der Waals surface area (Å²) in [7, 11) is 0. The van der Waals surface area contributed by atoms with Crippen molar-refractivity contribution < 1.29 is 14.3 Å². The molecule has 6 nitrogen and oxygen atoms in total. The molecule has 3 rings (SSSR count). The van der Waals surface area contributed by atoms with Crippen LogP contribution in [0.15, 0.2) is 0 Å². The van der Waals surface area contributed by atoms with Crippen molar-refractivity contribution in [2.45, 2.75) is 39.3 Å². The van der Waals surface area contributed by atoms with E-state index in [2.05, 4.69) is 4.90 Å². The predicted molar refractivity (Wildman–Crippen MR) is 82.3 cm³/mol. The molecule has 0 aromatic heterocycles. The lowest BCUT2D eigenvalue weighted by atomic mass is 9.80. The topological polar surface area (TPSA) is 53.1 Å². The van der Waals surface area contributed by atoms with Gasteiger partial charge in [-0.2, -0.15) is 0 Å². The molecule has 1 spiro atoms. The van der Waals surface area contributed by atoms with Gasteiger partial charge in [0.05, 0.1) is 24.8 Å². The highest BCUT2D eigenvalue weighted by atomic mass is 16.5. The lowest BCUT2D eigenvalue weighted by Gasteiger charge is -2.63. The molecule has 3 aliphatic heterocycles. The highest BCUT2D eigenvalue weighted by Gasteiger charge is 2.56. The van der Waals surface area contributed by atoms with E-state index in [1.165, 1.54) is 0 Å².